The first-order valence-corrected chi connectivity index (χ1v) is 9.87. The van der Waals surface area contributed by atoms with Gasteiger partial charge in [0.15, 0.2) is 0 Å². The van der Waals surface area contributed by atoms with Gasteiger partial charge in [-0.2, -0.15) is 5.06 Å². The molecule has 0 bridgehead atoms. The Morgan fingerprint density at radius 2 is 1.54 bits per heavy atom. The van der Waals surface area contributed by atoms with E-state index in [9.17, 15) is 4.79 Å². The Morgan fingerprint density at radius 3 is 2.08 bits per heavy atom. The number of nitrogens with zero attached hydrogens (tertiary/aromatic N) is 2. The van der Waals surface area contributed by atoms with E-state index in [1.165, 1.54) is 76.4 Å². The van der Waals surface area contributed by atoms with Crippen molar-refractivity contribution < 1.29 is 9.63 Å². The Bertz CT molecular complexity index is 399. The molecule has 0 atom stereocenters. The summed E-state index contributed by atoms with van der Waals surface area (Å²) in [5, 5.41) is 1.18. The van der Waals surface area contributed by atoms with Crippen molar-refractivity contribution in [3.63, 3.8) is 0 Å². The first kappa shape index (κ1) is 19.2. The van der Waals surface area contributed by atoms with Crippen LogP contribution >= 0.6 is 0 Å². The Labute approximate surface area is 147 Å². The minimum Gasteiger partial charge on any atom is -0.368 e. The zero-order valence-electron chi connectivity index (χ0n) is 15.3. The number of hydrogen-bond acceptors (Lipinski definition) is 3. The summed E-state index contributed by atoms with van der Waals surface area (Å²) in [4.78, 5) is 21.9. The molecule has 0 spiro atoms. The van der Waals surface area contributed by atoms with Crippen LogP contribution < -0.4 is 5.73 Å². The molecule has 5 heteroatoms. The molecule has 2 aliphatic carbocycles. The normalized spacial score (nSPS) is 21.0. The second-order valence-electron chi connectivity index (χ2n) is 7.45. The van der Waals surface area contributed by atoms with E-state index in [1.54, 1.807) is 0 Å². The topological polar surface area (TPSA) is 67.9 Å². The van der Waals surface area contributed by atoms with Crippen molar-refractivity contribution in [2.24, 2.45) is 22.6 Å². The zero-order valence-corrected chi connectivity index (χ0v) is 15.3. The molecule has 5 nitrogen and oxygen atoms in total. The van der Waals surface area contributed by atoms with Gasteiger partial charge in [0.1, 0.15) is 0 Å². The van der Waals surface area contributed by atoms with Gasteiger partial charge < -0.3 is 5.73 Å². The van der Waals surface area contributed by atoms with Gasteiger partial charge in [0.05, 0.1) is 7.11 Å². The van der Waals surface area contributed by atoms with E-state index in [4.69, 9.17) is 10.6 Å². The third-order valence-electron chi connectivity index (χ3n) is 5.64. The first-order chi connectivity index (χ1) is 11.7. The van der Waals surface area contributed by atoms with Crippen LogP contribution in [0.15, 0.2) is 4.99 Å². The number of hydrogen-bond donors (Lipinski definition) is 1. The standard InChI is InChI=1S/C19H35N3O2/c1-24-22(18(23)13-12-16-8-4-2-5-9-16)19(20)21-15-14-17-10-6-3-7-11-17/h16-17H,2-15H2,1H3,(H2,20,21). The minimum absolute atomic E-state index is 0.0676. The summed E-state index contributed by atoms with van der Waals surface area (Å²) in [6.45, 7) is 0.687. The van der Waals surface area contributed by atoms with Crippen molar-refractivity contribution in [2.75, 3.05) is 13.7 Å². The predicted molar refractivity (Wildman–Crippen MR) is 97.3 cm³/mol. The Hall–Kier alpha value is -1.10. The van der Waals surface area contributed by atoms with E-state index in [0.29, 0.717) is 18.9 Å². The summed E-state index contributed by atoms with van der Waals surface area (Å²) in [7, 11) is 1.49. The van der Waals surface area contributed by atoms with E-state index < -0.39 is 0 Å². The van der Waals surface area contributed by atoms with Crippen molar-refractivity contribution in [3.8, 4) is 0 Å². The highest BCUT2D eigenvalue weighted by atomic mass is 16.7. The van der Waals surface area contributed by atoms with Gasteiger partial charge >= 0.3 is 0 Å². The van der Waals surface area contributed by atoms with Crippen LogP contribution in [0.25, 0.3) is 0 Å². The fourth-order valence-corrected chi connectivity index (χ4v) is 4.13. The third-order valence-corrected chi connectivity index (χ3v) is 5.64. The van der Waals surface area contributed by atoms with Gasteiger partial charge in [0.25, 0.3) is 5.91 Å². The molecule has 2 N–H and O–H groups in total. The molecule has 0 radical (unpaired) electrons. The quantitative estimate of drug-likeness (QED) is 0.433. The number of hydroxylamine groups is 2. The van der Waals surface area contributed by atoms with Crippen LogP contribution in [0.3, 0.4) is 0 Å². The highest BCUT2D eigenvalue weighted by Crippen LogP contribution is 2.28. The minimum atomic E-state index is -0.0676. The van der Waals surface area contributed by atoms with E-state index in [-0.39, 0.29) is 11.9 Å². The molecule has 2 saturated carbocycles. The summed E-state index contributed by atoms with van der Waals surface area (Å²) in [5.41, 5.74) is 5.98. The highest BCUT2D eigenvalue weighted by Gasteiger charge is 2.21. The molecule has 0 aromatic heterocycles. The van der Waals surface area contributed by atoms with Gasteiger partial charge in [-0.3, -0.25) is 14.6 Å². The molecule has 0 unspecified atom stereocenters. The van der Waals surface area contributed by atoms with Gasteiger partial charge in [-0.1, -0.05) is 64.2 Å². The Morgan fingerprint density at radius 1 is 1.00 bits per heavy atom. The molecule has 0 aromatic carbocycles. The molecule has 0 aliphatic heterocycles. The van der Waals surface area contributed by atoms with Crippen molar-refractivity contribution >= 4 is 11.9 Å². The monoisotopic (exact) mass is 337 g/mol. The molecule has 2 rings (SSSR count). The summed E-state index contributed by atoms with van der Waals surface area (Å²) in [6, 6.07) is 0. The van der Waals surface area contributed by atoms with Gasteiger partial charge in [0.2, 0.25) is 5.96 Å². The van der Waals surface area contributed by atoms with Crippen LogP contribution in [-0.2, 0) is 9.63 Å². The van der Waals surface area contributed by atoms with E-state index in [1.807, 2.05) is 0 Å². The molecule has 2 fully saturated rings. The van der Waals surface area contributed by atoms with Crippen molar-refractivity contribution in [3.05, 3.63) is 0 Å². The van der Waals surface area contributed by atoms with Crippen LogP contribution in [0.2, 0.25) is 0 Å². The van der Waals surface area contributed by atoms with Gasteiger partial charge in [-0.05, 0) is 24.7 Å². The van der Waals surface area contributed by atoms with Crippen LogP contribution in [0.4, 0.5) is 0 Å². The van der Waals surface area contributed by atoms with Gasteiger partial charge in [-0.15, -0.1) is 0 Å². The van der Waals surface area contributed by atoms with Crippen molar-refractivity contribution in [1.29, 1.82) is 0 Å². The first-order valence-electron chi connectivity index (χ1n) is 9.87. The van der Waals surface area contributed by atoms with E-state index in [0.717, 1.165) is 18.8 Å². The molecule has 1 amide bonds. The largest absolute Gasteiger partial charge is 0.368 e. The zero-order chi connectivity index (χ0) is 17.2. The van der Waals surface area contributed by atoms with Crippen LogP contribution in [0, 0.1) is 11.8 Å². The summed E-state index contributed by atoms with van der Waals surface area (Å²) in [6.07, 6.45) is 15.6. The second-order valence-corrected chi connectivity index (χ2v) is 7.45. The van der Waals surface area contributed by atoms with Gasteiger partial charge in [-0.25, -0.2) is 0 Å². The van der Waals surface area contributed by atoms with Crippen LogP contribution in [0.1, 0.15) is 83.5 Å². The maximum absolute atomic E-state index is 12.4. The third kappa shape index (κ3) is 6.42. The lowest BCUT2D eigenvalue weighted by atomic mass is 9.86. The van der Waals surface area contributed by atoms with E-state index in [2.05, 4.69) is 4.99 Å². The van der Waals surface area contributed by atoms with Crippen molar-refractivity contribution in [1.82, 2.24) is 5.06 Å². The van der Waals surface area contributed by atoms with Crippen molar-refractivity contribution in [2.45, 2.75) is 83.5 Å². The average molecular weight is 338 g/mol. The fraction of sp³-hybridized carbons (Fsp3) is 0.895. The molecule has 0 aromatic rings. The maximum Gasteiger partial charge on any atom is 0.253 e. The molecular formula is C19H35N3O2. The summed E-state index contributed by atoms with van der Waals surface area (Å²) < 4.78 is 0. The molecule has 0 heterocycles. The number of nitrogens with two attached hydrogens (primary N) is 1. The summed E-state index contributed by atoms with van der Waals surface area (Å²) >= 11 is 0. The number of carbonyl (C=O) groups is 1. The molecule has 2 aliphatic rings. The number of rotatable bonds is 7. The van der Waals surface area contributed by atoms with Gasteiger partial charge in [0, 0.05) is 13.0 Å². The highest BCUT2D eigenvalue weighted by molar-refractivity contribution is 5.94. The number of carbonyl (C=O) groups excluding carboxylic acids is 1. The molecule has 138 valence electrons. The predicted octanol–water partition coefficient (Wildman–Crippen LogP) is 4.02. The Balaban J connectivity index is 1.72. The van der Waals surface area contributed by atoms with Crippen LogP contribution in [-0.4, -0.2) is 30.6 Å². The number of guanidine groups is 1. The lowest BCUT2D eigenvalue weighted by molar-refractivity contribution is -0.156. The number of aliphatic imine (C=N–C) groups is 1. The molecule has 0 saturated heterocycles. The molecular weight excluding hydrogens is 302 g/mol. The fourth-order valence-electron chi connectivity index (χ4n) is 4.13. The maximum atomic E-state index is 12.4. The lowest BCUT2D eigenvalue weighted by Crippen LogP contribution is -2.41. The molecule has 24 heavy (non-hydrogen) atoms. The second kappa shape index (κ2) is 10.7. The Kier molecular flexibility index (Phi) is 8.57. The smallest absolute Gasteiger partial charge is 0.253 e. The van der Waals surface area contributed by atoms with E-state index >= 15 is 0 Å². The average Bonchev–Trinajstić information content (AvgIpc) is 2.62. The summed E-state index contributed by atoms with van der Waals surface area (Å²) in [5.74, 6) is 1.60. The number of amides is 1. The lowest BCUT2D eigenvalue weighted by Gasteiger charge is -2.23. The van der Waals surface area contributed by atoms with Crippen LogP contribution in [0.5, 0.6) is 0 Å². The SMILES string of the molecule is CON(C(=O)CCC1CCCCC1)C(N)=NCCC1CCCCC1.